The second-order valence-electron chi connectivity index (χ2n) is 5.05. The number of aromatic nitrogens is 1. The summed E-state index contributed by atoms with van der Waals surface area (Å²) in [6.07, 6.45) is 1.53. The van der Waals surface area contributed by atoms with E-state index in [1.54, 1.807) is 19.1 Å². The second kappa shape index (κ2) is 6.39. The zero-order chi connectivity index (χ0) is 15.4. The molecule has 0 saturated carbocycles. The smallest absolute Gasteiger partial charge is 0.339 e. The number of aryl methyl sites for hydroxylation is 3. The van der Waals surface area contributed by atoms with E-state index in [0.717, 1.165) is 5.69 Å². The first kappa shape index (κ1) is 15.0. The molecule has 0 radical (unpaired) electrons. The van der Waals surface area contributed by atoms with Crippen molar-refractivity contribution in [2.75, 3.05) is 11.9 Å². The van der Waals surface area contributed by atoms with Gasteiger partial charge in [0.1, 0.15) is 5.82 Å². The zero-order valence-electron chi connectivity index (χ0n) is 12.9. The number of nitrogens with zero attached hydrogens (tertiary/aromatic N) is 1. The van der Waals surface area contributed by atoms with Crippen LogP contribution in [0.15, 0.2) is 30.5 Å². The van der Waals surface area contributed by atoms with Gasteiger partial charge in [-0.15, -0.1) is 0 Å². The maximum atomic E-state index is 11.6. The Hall–Kier alpha value is -2.36. The SMILES string of the molecule is CCOC(=O)c1ccc(Nc2c(C)cc(C)cc2C)nc1. The Labute approximate surface area is 125 Å². The fourth-order valence-corrected chi connectivity index (χ4v) is 2.31. The highest BCUT2D eigenvalue weighted by Gasteiger charge is 2.08. The van der Waals surface area contributed by atoms with E-state index in [9.17, 15) is 4.79 Å². The van der Waals surface area contributed by atoms with Crippen molar-refractivity contribution in [3.05, 3.63) is 52.7 Å². The molecule has 21 heavy (non-hydrogen) atoms. The van der Waals surface area contributed by atoms with Crippen LogP contribution in [0.3, 0.4) is 0 Å². The molecule has 4 nitrogen and oxygen atoms in total. The van der Waals surface area contributed by atoms with Gasteiger partial charge in [-0.25, -0.2) is 9.78 Å². The van der Waals surface area contributed by atoms with Gasteiger partial charge in [0.05, 0.1) is 12.2 Å². The normalized spacial score (nSPS) is 10.3. The van der Waals surface area contributed by atoms with E-state index in [0.29, 0.717) is 18.0 Å². The zero-order valence-corrected chi connectivity index (χ0v) is 12.9. The molecular formula is C17H20N2O2. The molecule has 1 N–H and O–H groups in total. The van der Waals surface area contributed by atoms with Gasteiger partial charge >= 0.3 is 5.97 Å². The quantitative estimate of drug-likeness (QED) is 0.864. The number of anilines is 2. The molecule has 0 unspecified atom stereocenters. The average molecular weight is 284 g/mol. The topological polar surface area (TPSA) is 51.2 Å². The molecule has 0 bridgehead atoms. The van der Waals surface area contributed by atoms with Gasteiger partial charge in [0.2, 0.25) is 0 Å². The van der Waals surface area contributed by atoms with Crippen LogP contribution in [0.4, 0.5) is 11.5 Å². The van der Waals surface area contributed by atoms with Crippen molar-refractivity contribution >= 4 is 17.5 Å². The molecule has 1 aromatic heterocycles. The van der Waals surface area contributed by atoms with Gasteiger partial charge < -0.3 is 10.1 Å². The summed E-state index contributed by atoms with van der Waals surface area (Å²) in [6.45, 7) is 8.35. The third-order valence-electron chi connectivity index (χ3n) is 3.20. The molecule has 0 saturated heterocycles. The van der Waals surface area contributed by atoms with Crippen molar-refractivity contribution in [2.45, 2.75) is 27.7 Å². The lowest BCUT2D eigenvalue weighted by Crippen LogP contribution is -2.06. The second-order valence-corrected chi connectivity index (χ2v) is 5.05. The van der Waals surface area contributed by atoms with E-state index >= 15 is 0 Å². The minimum Gasteiger partial charge on any atom is -0.462 e. The molecule has 0 atom stereocenters. The van der Waals surface area contributed by atoms with Gasteiger partial charge in [-0.05, 0) is 51.0 Å². The summed E-state index contributed by atoms with van der Waals surface area (Å²) in [5.41, 5.74) is 5.09. The van der Waals surface area contributed by atoms with E-state index in [1.165, 1.54) is 22.9 Å². The van der Waals surface area contributed by atoms with E-state index < -0.39 is 0 Å². The van der Waals surface area contributed by atoms with E-state index in [2.05, 4.69) is 43.2 Å². The lowest BCUT2D eigenvalue weighted by molar-refractivity contribution is 0.0526. The summed E-state index contributed by atoms with van der Waals surface area (Å²) in [5.74, 6) is 0.359. The molecule has 0 aliphatic carbocycles. The van der Waals surface area contributed by atoms with Gasteiger partial charge in [0.15, 0.2) is 0 Å². The minimum absolute atomic E-state index is 0.348. The van der Waals surface area contributed by atoms with Gasteiger partial charge in [-0.2, -0.15) is 0 Å². The number of nitrogens with one attached hydrogen (secondary N) is 1. The van der Waals surface area contributed by atoms with Crippen LogP contribution in [-0.4, -0.2) is 17.6 Å². The molecular weight excluding hydrogens is 264 g/mol. The first-order valence-electron chi connectivity index (χ1n) is 6.99. The van der Waals surface area contributed by atoms with Crippen LogP contribution >= 0.6 is 0 Å². The van der Waals surface area contributed by atoms with Crippen LogP contribution in [-0.2, 0) is 4.74 Å². The van der Waals surface area contributed by atoms with Gasteiger partial charge in [-0.3, -0.25) is 0 Å². The maximum Gasteiger partial charge on any atom is 0.339 e. The predicted molar refractivity (Wildman–Crippen MR) is 84.1 cm³/mol. The van der Waals surface area contributed by atoms with Crippen LogP contribution in [0.1, 0.15) is 34.0 Å². The Bertz CT molecular complexity index is 625. The maximum absolute atomic E-state index is 11.6. The molecule has 0 spiro atoms. The highest BCUT2D eigenvalue weighted by molar-refractivity contribution is 5.89. The van der Waals surface area contributed by atoms with Crippen LogP contribution in [0.5, 0.6) is 0 Å². The number of pyridine rings is 1. The Morgan fingerprint density at radius 1 is 1.19 bits per heavy atom. The third-order valence-corrected chi connectivity index (χ3v) is 3.20. The summed E-state index contributed by atoms with van der Waals surface area (Å²) in [4.78, 5) is 15.8. The van der Waals surface area contributed by atoms with Crippen LogP contribution in [0.25, 0.3) is 0 Å². The van der Waals surface area contributed by atoms with E-state index in [-0.39, 0.29) is 5.97 Å². The molecule has 110 valence electrons. The highest BCUT2D eigenvalue weighted by atomic mass is 16.5. The van der Waals surface area contributed by atoms with Gasteiger partial charge in [-0.1, -0.05) is 17.7 Å². The molecule has 0 aliphatic heterocycles. The summed E-state index contributed by atoms with van der Waals surface area (Å²) in [5, 5.41) is 3.30. The third kappa shape index (κ3) is 3.60. The number of hydrogen-bond donors (Lipinski definition) is 1. The lowest BCUT2D eigenvalue weighted by Gasteiger charge is -2.13. The van der Waals surface area contributed by atoms with Crippen molar-refractivity contribution < 1.29 is 9.53 Å². The van der Waals surface area contributed by atoms with Gasteiger partial charge in [0.25, 0.3) is 0 Å². The number of rotatable bonds is 4. The number of carbonyl (C=O) groups excluding carboxylic acids is 1. The van der Waals surface area contributed by atoms with Gasteiger partial charge in [0, 0.05) is 11.9 Å². The van der Waals surface area contributed by atoms with E-state index in [1.807, 2.05) is 0 Å². The Morgan fingerprint density at radius 2 is 1.86 bits per heavy atom. The van der Waals surface area contributed by atoms with Crippen LogP contribution in [0, 0.1) is 20.8 Å². The minimum atomic E-state index is -0.348. The first-order valence-corrected chi connectivity index (χ1v) is 6.99. The fourth-order valence-electron chi connectivity index (χ4n) is 2.31. The predicted octanol–water partition coefficient (Wildman–Crippen LogP) is 3.93. The molecule has 0 amide bonds. The number of carbonyl (C=O) groups is 1. The van der Waals surface area contributed by atoms with Crippen molar-refractivity contribution in [3.63, 3.8) is 0 Å². The highest BCUT2D eigenvalue weighted by Crippen LogP contribution is 2.25. The molecule has 1 heterocycles. The van der Waals surface area contributed by atoms with Crippen molar-refractivity contribution in [1.82, 2.24) is 4.98 Å². The summed E-state index contributed by atoms with van der Waals surface area (Å²) >= 11 is 0. The Morgan fingerprint density at radius 3 is 2.38 bits per heavy atom. The Balaban J connectivity index is 2.19. The van der Waals surface area contributed by atoms with Crippen LogP contribution in [0.2, 0.25) is 0 Å². The Kier molecular flexibility index (Phi) is 4.58. The average Bonchev–Trinajstić information content (AvgIpc) is 2.43. The number of hydrogen-bond acceptors (Lipinski definition) is 4. The lowest BCUT2D eigenvalue weighted by atomic mass is 10.1. The summed E-state index contributed by atoms with van der Waals surface area (Å²) in [7, 11) is 0. The summed E-state index contributed by atoms with van der Waals surface area (Å²) < 4.78 is 4.94. The number of esters is 1. The molecule has 2 rings (SSSR count). The van der Waals surface area contributed by atoms with Crippen molar-refractivity contribution in [1.29, 1.82) is 0 Å². The standard InChI is InChI=1S/C17H20N2O2/c1-5-21-17(20)14-6-7-15(18-10-14)19-16-12(3)8-11(2)9-13(16)4/h6-10H,5H2,1-4H3,(H,18,19). The summed E-state index contributed by atoms with van der Waals surface area (Å²) in [6, 6.07) is 7.75. The largest absolute Gasteiger partial charge is 0.462 e. The van der Waals surface area contributed by atoms with Crippen molar-refractivity contribution in [3.8, 4) is 0 Å². The first-order chi connectivity index (χ1) is 10.0. The molecule has 1 aromatic carbocycles. The molecule has 0 aliphatic rings. The van der Waals surface area contributed by atoms with E-state index in [4.69, 9.17) is 4.74 Å². The number of ether oxygens (including phenoxy) is 1. The molecule has 4 heteroatoms. The monoisotopic (exact) mass is 284 g/mol. The van der Waals surface area contributed by atoms with Crippen LogP contribution < -0.4 is 5.32 Å². The number of benzene rings is 1. The molecule has 0 fully saturated rings. The fraction of sp³-hybridized carbons (Fsp3) is 0.294. The van der Waals surface area contributed by atoms with Crippen molar-refractivity contribution in [2.24, 2.45) is 0 Å². The molecule has 2 aromatic rings.